The molecule has 2 unspecified atom stereocenters. The van der Waals surface area contributed by atoms with E-state index in [2.05, 4.69) is 39.1 Å². The standard InChI is InChI=1S/C24H29FN6O/c1-16-9-22(29-31(16)15-20-5-7-23(26-4)27-12-20)21(25)10-19-6-8-24(28-11-19)30-13-17(2)32-18(3)14-30/h5-12,17-18H,13-15H2,1-4H3,(H,26,27)/b21-10-. The minimum absolute atomic E-state index is 0.160. The molecule has 1 aliphatic heterocycles. The van der Waals surface area contributed by atoms with Gasteiger partial charge >= 0.3 is 0 Å². The number of hydrogen-bond acceptors (Lipinski definition) is 6. The average Bonchev–Trinajstić information content (AvgIpc) is 3.14. The van der Waals surface area contributed by atoms with Crippen molar-refractivity contribution < 1.29 is 9.13 Å². The van der Waals surface area contributed by atoms with Gasteiger partial charge in [0.1, 0.15) is 17.3 Å². The fourth-order valence-corrected chi connectivity index (χ4v) is 3.88. The second kappa shape index (κ2) is 9.48. The van der Waals surface area contributed by atoms with Crippen molar-refractivity contribution in [3.8, 4) is 0 Å². The predicted octanol–water partition coefficient (Wildman–Crippen LogP) is 4.15. The van der Waals surface area contributed by atoms with Crippen molar-refractivity contribution in [2.45, 2.75) is 39.5 Å². The van der Waals surface area contributed by atoms with Gasteiger partial charge in [0.05, 0.1) is 18.8 Å². The third-order valence-corrected chi connectivity index (χ3v) is 5.45. The lowest BCUT2D eigenvalue weighted by atomic mass is 10.2. The van der Waals surface area contributed by atoms with Gasteiger partial charge in [-0.1, -0.05) is 6.07 Å². The third kappa shape index (κ3) is 5.13. The molecule has 1 fully saturated rings. The first kappa shape index (κ1) is 22.0. The average molecular weight is 437 g/mol. The minimum Gasteiger partial charge on any atom is -0.373 e. The molecule has 4 rings (SSSR count). The number of pyridine rings is 2. The summed E-state index contributed by atoms with van der Waals surface area (Å²) in [5, 5.41) is 7.43. The van der Waals surface area contributed by atoms with Crippen LogP contribution in [0.2, 0.25) is 0 Å². The monoisotopic (exact) mass is 436 g/mol. The van der Waals surface area contributed by atoms with Crippen molar-refractivity contribution >= 4 is 23.5 Å². The Kier molecular flexibility index (Phi) is 6.50. The fraction of sp³-hybridized carbons (Fsp3) is 0.375. The summed E-state index contributed by atoms with van der Waals surface area (Å²) in [5.41, 5.74) is 2.88. The highest BCUT2D eigenvalue weighted by atomic mass is 19.1. The lowest BCUT2D eigenvalue weighted by Gasteiger charge is -2.36. The van der Waals surface area contributed by atoms with E-state index < -0.39 is 5.83 Å². The van der Waals surface area contributed by atoms with Crippen LogP contribution in [0.4, 0.5) is 16.0 Å². The van der Waals surface area contributed by atoms with Crippen molar-refractivity contribution in [1.82, 2.24) is 19.7 Å². The van der Waals surface area contributed by atoms with Crippen LogP contribution in [-0.4, -0.2) is 52.1 Å². The van der Waals surface area contributed by atoms with Crippen molar-refractivity contribution in [2.24, 2.45) is 0 Å². The van der Waals surface area contributed by atoms with Crippen LogP contribution in [0, 0.1) is 6.92 Å². The first-order valence-electron chi connectivity index (χ1n) is 10.8. The molecule has 4 heterocycles. The van der Waals surface area contributed by atoms with Crippen LogP contribution in [0.15, 0.2) is 42.7 Å². The molecular weight excluding hydrogens is 407 g/mol. The first-order valence-corrected chi connectivity index (χ1v) is 10.8. The molecule has 0 aliphatic carbocycles. The summed E-state index contributed by atoms with van der Waals surface area (Å²) in [5.74, 6) is 1.29. The second-order valence-electron chi connectivity index (χ2n) is 8.23. The van der Waals surface area contributed by atoms with Gasteiger partial charge in [0.15, 0.2) is 5.83 Å². The number of anilines is 2. The zero-order valence-electron chi connectivity index (χ0n) is 18.9. The summed E-state index contributed by atoms with van der Waals surface area (Å²) in [6.07, 6.45) is 5.28. The number of aryl methyl sites for hydroxylation is 1. The Labute approximate surface area is 187 Å². The zero-order chi connectivity index (χ0) is 22.7. The van der Waals surface area contributed by atoms with E-state index in [0.717, 1.165) is 36.0 Å². The highest BCUT2D eigenvalue weighted by molar-refractivity contribution is 5.75. The maximum atomic E-state index is 14.9. The zero-order valence-corrected chi connectivity index (χ0v) is 18.9. The number of halogens is 1. The van der Waals surface area contributed by atoms with E-state index in [4.69, 9.17) is 4.74 Å². The maximum Gasteiger partial charge on any atom is 0.151 e. The maximum absolute atomic E-state index is 14.9. The lowest BCUT2D eigenvalue weighted by molar-refractivity contribution is -0.00545. The van der Waals surface area contributed by atoms with Gasteiger partial charge in [0, 0.05) is 38.2 Å². The van der Waals surface area contributed by atoms with E-state index >= 15 is 0 Å². The van der Waals surface area contributed by atoms with Gasteiger partial charge in [-0.2, -0.15) is 5.10 Å². The first-order chi connectivity index (χ1) is 15.4. The molecule has 2 atom stereocenters. The van der Waals surface area contributed by atoms with E-state index in [0.29, 0.717) is 17.8 Å². The number of aromatic nitrogens is 4. The molecule has 8 heteroatoms. The molecule has 0 radical (unpaired) electrons. The van der Waals surface area contributed by atoms with Gasteiger partial charge in [0.2, 0.25) is 0 Å². The van der Waals surface area contributed by atoms with Crippen LogP contribution < -0.4 is 10.2 Å². The van der Waals surface area contributed by atoms with Crippen molar-refractivity contribution in [1.29, 1.82) is 0 Å². The third-order valence-electron chi connectivity index (χ3n) is 5.45. The van der Waals surface area contributed by atoms with Crippen molar-refractivity contribution in [3.05, 3.63) is 65.2 Å². The summed E-state index contributed by atoms with van der Waals surface area (Å²) in [6.45, 7) is 8.16. The summed E-state index contributed by atoms with van der Waals surface area (Å²) < 4.78 is 22.5. The van der Waals surface area contributed by atoms with E-state index in [1.165, 1.54) is 6.08 Å². The van der Waals surface area contributed by atoms with Gasteiger partial charge in [-0.15, -0.1) is 0 Å². The molecule has 1 N–H and O–H groups in total. The van der Waals surface area contributed by atoms with Gasteiger partial charge in [-0.25, -0.2) is 14.4 Å². The van der Waals surface area contributed by atoms with Crippen LogP contribution in [0.5, 0.6) is 0 Å². The van der Waals surface area contributed by atoms with Crippen LogP contribution in [0.3, 0.4) is 0 Å². The summed E-state index contributed by atoms with van der Waals surface area (Å²) in [6, 6.07) is 9.44. The Balaban J connectivity index is 1.46. The van der Waals surface area contributed by atoms with Crippen LogP contribution in [0.25, 0.3) is 11.9 Å². The Bertz CT molecular complexity index is 1070. The highest BCUT2D eigenvalue weighted by Crippen LogP contribution is 2.22. The van der Waals surface area contributed by atoms with Crippen LogP contribution in [-0.2, 0) is 11.3 Å². The number of nitrogens with zero attached hydrogens (tertiary/aromatic N) is 5. The van der Waals surface area contributed by atoms with E-state index in [1.54, 1.807) is 23.1 Å². The molecule has 1 saturated heterocycles. The quantitative estimate of drug-likeness (QED) is 0.626. The lowest BCUT2D eigenvalue weighted by Crippen LogP contribution is -2.45. The molecule has 0 spiro atoms. The molecular formula is C24H29FN6O. The predicted molar refractivity (Wildman–Crippen MR) is 125 cm³/mol. The van der Waals surface area contributed by atoms with Crippen LogP contribution in [0.1, 0.15) is 36.4 Å². The molecule has 3 aromatic rings. The molecule has 0 amide bonds. The van der Waals surface area contributed by atoms with Gasteiger partial charge in [-0.05, 0) is 62.2 Å². The van der Waals surface area contributed by atoms with Gasteiger partial charge in [0.25, 0.3) is 0 Å². The van der Waals surface area contributed by atoms with E-state index in [-0.39, 0.29) is 12.2 Å². The van der Waals surface area contributed by atoms with Gasteiger partial charge in [-0.3, -0.25) is 4.68 Å². The molecule has 32 heavy (non-hydrogen) atoms. The van der Waals surface area contributed by atoms with Crippen molar-refractivity contribution in [2.75, 3.05) is 30.4 Å². The number of ether oxygens (including phenoxy) is 1. The van der Waals surface area contributed by atoms with Gasteiger partial charge < -0.3 is 15.0 Å². The Morgan fingerprint density at radius 2 is 1.94 bits per heavy atom. The smallest absolute Gasteiger partial charge is 0.151 e. The minimum atomic E-state index is -0.390. The highest BCUT2D eigenvalue weighted by Gasteiger charge is 2.23. The molecule has 7 nitrogen and oxygen atoms in total. The number of morpholine rings is 1. The molecule has 0 saturated carbocycles. The number of rotatable bonds is 6. The molecule has 168 valence electrons. The summed E-state index contributed by atoms with van der Waals surface area (Å²) in [4.78, 5) is 11.0. The van der Waals surface area contributed by atoms with Crippen LogP contribution >= 0.6 is 0 Å². The summed E-state index contributed by atoms with van der Waals surface area (Å²) >= 11 is 0. The fourth-order valence-electron chi connectivity index (χ4n) is 3.88. The molecule has 0 bridgehead atoms. The Morgan fingerprint density at radius 1 is 1.16 bits per heavy atom. The molecule has 0 aromatic carbocycles. The molecule has 3 aromatic heterocycles. The normalized spacial score (nSPS) is 19.3. The number of nitrogens with one attached hydrogen (secondary N) is 1. The second-order valence-corrected chi connectivity index (χ2v) is 8.23. The molecule has 1 aliphatic rings. The Morgan fingerprint density at radius 3 is 2.56 bits per heavy atom. The Hall–Kier alpha value is -3.26. The topological polar surface area (TPSA) is 68.1 Å². The SMILES string of the molecule is CNc1ccc(Cn2nc(/C(F)=C/c3ccc(N4CC(C)OC(C)C4)nc3)cc2C)cn1. The van der Waals surface area contributed by atoms with Crippen molar-refractivity contribution in [3.63, 3.8) is 0 Å². The summed E-state index contributed by atoms with van der Waals surface area (Å²) in [7, 11) is 1.83. The van der Waals surface area contributed by atoms with E-state index in [9.17, 15) is 4.39 Å². The number of hydrogen-bond donors (Lipinski definition) is 1. The largest absolute Gasteiger partial charge is 0.373 e. The van der Waals surface area contributed by atoms with E-state index in [1.807, 2.05) is 38.2 Å².